The molecule has 0 bridgehead atoms. The summed E-state index contributed by atoms with van der Waals surface area (Å²) in [6.07, 6.45) is 0.944. The molecule has 0 unspecified atom stereocenters. The van der Waals surface area contributed by atoms with Gasteiger partial charge in [0.1, 0.15) is 12.4 Å². The molecular weight excluding hydrogens is 411 g/mol. The van der Waals surface area contributed by atoms with Crippen molar-refractivity contribution in [3.8, 4) is 11.3 Å². The van der Waals surface area contributed by atoms with Gasteiger partial charge >= 0.3 is 0 Å². The molecule has 31 heavy (non-hydrogen) atoms. The normalized spacial score (nSPS) is 15.3. The van der Waals surface area contributed by atoms with Crippen molar-refractivity contribution in [1.82, 2.24) is 19.4 Å². The van der Waals surface area contributed by atoms with E-state index in [4.69, 9.17) is 0 Å². The van der Waals surface area contributed by atoms with Crippen LogP contribution < -0.4 is 0 Å². The minimum absolute atomic E-state index is 0.159. The highest BCUT2D eigenvalue weighted by molar-refractivity contribution is 7.09. The van der Waals surface area contributed by atoms with Crippen molar-refractivity contribution < 1.29 is 9.18 Å². The second kappa shape index (κ2) is 9.32. The molecule has 7 heteroatoms. The number of hydrogen-bond donors (Lipinski definition) is 0. The Hall–Kier alpha value is -2.51. The summed E-state index contributed by atoms with van der Waals surface area (Å²) in [6.45, 7) is 10.5. The number of benzene rings is 1. The van der Waals surface area contributed by atoms with Gasteiger partial charge in [-0.3, -0.25) is 9.69 Å². The lowest BCUT2D eigenvalue weighted by Gasteiger charge is -2.23. The lowest BCUT2D eigenvalue weighted by atomic mass is 10.2. The molecule has 1 aliphatic heterocycles. The maximum absolute atomic E-state index is 13.1. The second-order valence-electron chi connectivity index (χ2n) is 8.26. The van der Waals surface area contributed by atoms with Crippen molar-refractivity contribution in [2.24, 2.45) is 0 Å². The van der Waals surface area contributed by atoms with Gasteiger partial charge in [-0.05, 0) is 51.0 Å². The minimum atomic E-state index is -0.208. The van der Waals surface area contributed by atoms with Crippen molar-refractivity contribution in [3.63, 3.8) is 0 Å². The number of halogens is 1. The Balaban J connectivity index is 1.39. The summed E-state index contributed by atoms with van der Waals surface area (Å²) in [5.41, 5.74) is 5.37. The van der Waals surface area contributed by atoms with Crippen LogP contribution >= 0.6 is 11.3 Å². The molecule has 1 aromatic carbocycles. The highest BCUT2D eigenvalue weighted by atomic mass is 32.1. The van der Waals surface area contributed by atoms with Crippen LogP contribution in [0.5, 0.6) is 0 Å². The summed E-state index contributed by atoms with van der Waals surface area (Å²) in [7, 11) is 0. The maximum atomic E-state index is 13.1. The Morgan fingerprint density at radius 2 is 1.87 bits per heavy atom. The molecule has 1 amide bonds. The minimum Gasteiger partial charge on any atom is -0.340 e. The van der Waals surface area contributed by atoms with E-state index in [0.717, 1.165) is 72.4 Å². The van der Waals surface area contributed by atoms with Gasteiger partial charge in [0.25, 0.3) is 0 Å². The van der Waals surface area contributed by atoms with Crippen LogP contribution in [0.4, 0.5) is 4.39 Å². The first-order valence-corrected chi connectivity index (χ1v) is 11.6. The van der Waals surface area contributed by atoms with Gasteiger partial charge in [-0.15, -0.1) is 11.3 Å². The van der Waals surface area contributed by atoms with Crippen LogP contribution in [-0.2, 0) is 17.9 Å². The second-order valence-corrected chi connectivity index (χ2v) is 9.32. The zero-order valence-electron chi connectivity index (χ0n) is 18.4. The topological polar surface area (TPSA) is 41.4 Å². The Kier molecular flexibility index (Phi) is 6.53. The molecule has 4 rings (SSSR count). The van der Waals surface area contributed by atoms with Crippen LogP contribution in [-0.4, -0.2) is 51.4 Å². The molecule has 2 aromatic heterocycles. The summed E-state index contributed by atoms with van der Waals surface area (Å²) in [6, 6.07) is 8.81. The first-order valence-electron chi connectivity index (χ1n) is 10.7. The summed E-state index contributed by atoms with van der Waals surface area (Å²) in [4.78, 5) is 22.0. The monoisotopic (exact) mass is 440 g/mol. The standard InChI is InChI=1S/C24H29FN4OS/c1-17-13-22(23-16-31-19(3)26-23)18(2)29(17)15-24(30)28-10-4-9-27(11-12-28)14-20-5-7-21(25)8-6-20/h5-8,13,16H,4,9-12,14-15H2,1-3H3. The fraction of sp³-hybridized carbons (Fsp3) is 0.417. The SMILES string of the molecule is Cc1nc(-c2cc(C)n(CC(=O)N3CCCN(Cc4ccc(F)cc4)CC3)c2C)cs1. The average molecular weight is 441 g/mol. The predicted octanol–water partition coefficient (Wildman–Crippen LogP) is 4.41. The van der Waals surface area contributed by atoms with Crippen LogP contribution in [0, 0.1) is 26.6 Å². The molecule has 1 saturated heterocycles. The van der Waals surface area contributed by atoms with E-state index in [1.54, 1.807) is 11.3 Å². The Bertz CT molecular complexity index is 1060. The van der Waals surface area contributed by atoms with Crippen molar-refractivity contribution >= 4 is 17.2 Å². The van der Waals surface area contributed by atoms with Crippen LogP contribution in [0.1, 0.15) is 28.4 Å². The van der Waals surface area contributed by atoms with Gasteiger partial charge in [0.15, 0.2) is 0 Å². The molecule has 1 aliphatic rings. The van der Waals surface area contributed by atoms with Gasteiger partial charge < -0.3 is 9.47 Å². The van der Waals surface area contributed by atoms with Crippen molar-refractivity contribution in [2.45, 2.75) is 40.3 Å². The van der Waals surface area contributed by atoms with Crippen molar-refractivity contribution in [1.29, 1.82) is 0 Å². The van der Waals surface area contributed by atoms with Gasteiger partial charge in [0.2, 0.25) is 5.91 Å². The highest BCUT2D eigenvalue weighted by Gasteiger charge is 2.21. The number of rotatable bonds is 5. The van der Waals surface area contributed by atoms with Gasteiger partial charge in [-0.1, -0.05) is 12.1 Å². The summed E-state index contributed by atoms with van der Waals surface area (Å²) < 4.78 is 15.2. The third-order valence-corrected chi connectivity index (χ3v) is 6.80. The third-order valence-electron chi connectivity index (χ3n) is 6.02. The Labute approximate surface area is 187 Å². The molecule has 5 nitrogen and oxygen atoms in total. The van der Waals surface area contributed by atoms with Crippen molar-refractivity contribution in [2.75, 3.05) is 26.2 Å². The van der Waals surface area contributed by atoms with E-state index in [0.29, 0.717) is 6.54 Å². The molecule has 164 valence electrons. The number of carbonyl (C=O) groups excluding carboxylic acids is 1. The summed E-state index contributed by atoms with van der Waals surface area (Å²) >= 11 is 1.64. The molecule has 0 radical (unpaired) electrons. The van der Waals surface area contributed by atoms with E-state index >= 15 is 0 Å². The predicted molar refractivity (Wildman–Crippen MR) is 123 cm³/mol. The lowest BCUT2D eigenvalue weighted by Crippen LogP contribution is -2.37. The average Bonchev–Trinajstić information content (AvgIpc) is 3.19. The molecule has 1 fully saturated rings. The lowest BCUT2D eigenvalue weighted by molar-refractivity contribution is -0.131. The molecule has 0 saturated carbocycles. The number of aromatic nitrogens is 2. The number of amides is 1. The van der Waals surface area contributed by atoms with Gasteiger partial charge in [-0.2, -0.15) is 0 Å². The first-order chi connectivity index (χ1) is 14.9. The molecule has 0 aliphatic carbocycles. The number of hydrogen-bond acceptors (Lipinski definition) is 4. The van der Waals surface area contributed by atoms with E-state index in [-0.39, 0.29) is 11.7 Å². The van der Waals surface area contributed by atoms with Gasteiger partial charge in [0.05, 0.1) is 10.7 Å². The van der Waals surface area contributed by atoms with E-state index < -0.39 is 0 Å². The largest absolute Gasteiger partial charge is 0.340 e. The molecule has 3 aromatic rings. The first kappa shape index (κ1) is 21.7. The Morgan fingerprint density at radius 1 is 1.10 bits per heavy atom. The number of carbonyl (C=O) groups is 1. The van der Waals surface area contributed by atoms with E-state index in [9.17, 15) is 9.18 Å². The molecule has 3 heterocycles. The molecule has 0 atom stereocenters. The molecular formula is C24H29FN4OS. The molecule has 0 spiro atoms. The van der Waals surface area contributed by atoms with Crippen molar-refractivity contribution in [3.05, 3.63) is 63.5 Å². The molecule has 0 N–H and O–H groups in total. The zero-order valence-corrected chi connectivity index (χ0v) is 19.2. The smallest absolute Gasteiger partial charge is 0.242 e. The fourth-order valence-electron chi connectivity index (χ4n) is 4.25. The summed E-state index contributed by atoms with van der Waals surface area (Å²) in [5.74, 6) is -0.0495. The zero-order chi connectivity index (χ0) is 22.0. The van der Waals surface area contributed by atoms with E-state index in [2.05, 4.69) is 39.7 Å². The van der Waals surface area contributed by atoms with Gasteiger partial charge in [0, 0.05) is 55.1 Å². The number of thiazole rings is 1. The van der Waals surface area contributed by atoms with Gasteiger partial charge in [-0.25, -0.2) is 9.37 Å². The van der Waals surface area contributed by atoms with E-state index in [1.165, 1.54) is 12.1 Å². The summed E-state index contributed by atoms with van der Waals surface area (Å²) in [5, 5.41) is 3.12. The van der Waals surface area contributed by atoms with Crippen LogP contribution in [0.2, 0.25) is 0 Å². The number of nitrogens with zero attached hydrogens (tertiary/aromatic N) is 4. The van der Waals surface area contributed by atoms with E-state index in [1.807, 2.05) is 24.0 Å². The van der Waals surface area contributed by atoms with Crippen LogP contribution in [0.15, 0.2) is 35.7 Å². The highest BCUT2D eigenvalue weighted by Crippen LogP contribution is 2.28. The van der Waals surface area contributed by atoms with Crippen LogP contribution in [0.25, 0.3) is 11.3 Å². The Morgan fingerprint density at radius 3 is 2.58 bits per heavy atom. The fourth-order valence-corrected chi connectivity index (χ4v) is 4.87. The third kappa shape index (κ3) is 5.05. The van der Waals surface area contributed by atoms with Crippen LogP contribution in [0.3, 0.4) is 0 Å². The number of aryl methyl sites for hydroxylation is 2. The quantitative estimate of drug-likeness (QED) is 0.590. The maximum Gasteiger partial charge on any atom is 0.242 e.